The molecule has 1 aromatic rings. The first-order valence-corrected chi connectivity index (χ1v) is 6.18. The van der Waals surface area contributed by atoms with Crippen molar-refractivity contribution in [2.75, 3.05) is 14.1 Å². The van der Waals surface area contributed by atoms with Gasteiger partial charge in [-0.1, -0.05) is 19.1 Å². The van der Waals surface area contributed by atoms with E-state index in [0.717, 1.165) is 12.0 Å². The lowest BCUT2D eigenvalue weighted by molar-refractivity contribution is -0.130. The summed E-state index contributed by atoms with van der Waals surface area (Å²) in [5.41, 5.74) is 0.998. The van der Waals surface area contributed by atoms with Gasteiger partial charge >= 0.3 is 0 Å². The van der Waals surface area contributed by atoms with Gasteiger partial charge in [0.25, 0.3) is 0 Å². The van der Waals surface area contributed by atoms with Gasteiger partial charge in [-0.25, -0.2) is 4.39 Å². The number of nitrogens with one attached hydrogen (secondary N) is 1. The fraction of sp³-hybridized carbons (Fsp3) is 0.500. The van der Waals surface area contributed by atoms with Crippen LogP contribution in [0.2, 0.25) is 0 Å². The molecule has 0 bridgehead atoms. The zero-order chi connectivity index (χ0) is 13.7. The molecule has 1 amide bonds. The van der Waals surface area contributed by atoms with Crippen LogP contribution in [0, 0.1) is 5.82 Å². The predicted molar refractivity (Wildman–Crippen MR) is 70.7 cm³/mol. The Morgan fingerprint density at radius 1 is 1.33 bits per heavy atom. The minimum absolute atomic E-state index is 0.0376. The molecule has 0 spiro atoms. The molecular weight excluding hydrogens is 231 g/mol. The molecule has 100 valence electrons. The maximum Gasteiger partial charge on any atom is 0.238 e. The molecule has 1 aromatic carbocycles. The van der Waals surface area contributed by atoms with Gasteiger partial charge in [0.2, 0.25) is 5.91 Å². The van der Waals surface area contributed by atoms with Crippen molar-refractivity contribution >= 4 is 5.91 Å². The topological polar surface area (TPSA) is 32.3 Å². The van der Waals surface area contributed by atoms with Crippen LogP contribution in [0.4, 0.5) is 4.39 Å². The Morgan fingerprint density at radius 2 is 1.89 bits per heavy atom. The first-order valence-electron chi connectivity index (χ1n) is 6.18. The van der Waals surface area contributed by atoms with Crippen molar-refractivity contribution in [3.05, 3.63) is 35.6 Å². The fourth-order valence-corrected chi connectivity index (χ4v) is 1.91. The Balaban J connectivity index is 2.73. The molecular formula is C14H21FN2O. The van der Waals surface area contributed by atoms with Crippen molar-refractivity contribution in [2.45, 2.75) is 32.4 Å². The molecule has 2 atom stereocenters. The second-order valence-electron chi connectivity index (χ2n) is 4.63. The highest BCUT2D eigenvalue weighted by Crippen LogP contribution is 2.17. The van der Waals surface area contributed by atoms with Gasteiger partial charge in [0, 0.05) is 20.1 Å². The lowest BCUT2D eigenvalue weighted by Crippen LogP contribution is -2.42. The zero-order valence-corrected chi connectivity index (χ0v) is 11.4. The van der Waals surface area contributed by atoms with Gasteiger partial charge in [-0.3, -0.25) is 10.1 Å². The van der Waals surface area contributed by atoms with Gasteiger partial charge in [-0.15, -0.1) is 0 Å². The minimum Gasteiger partial charge on any atom is -0.347 e. The van der Waals surface area contributed by atoms with Crippen LogP contribution in [0.1, 0.15) is 31.9 Å². The molecule has 1 N–H and O–H groups in total. The summed E-state index contributed by atoms with van der Waals surface area (Å²) in [4.78, 5) is 13.3. The SMILES string of the molecule is CCC(NC(C)C(=O)N(C)C)c1ccc(F)cc1. The first-order chi connectivity index (χ1) is 8.45. The number of hydrogen-bond donors (Lipinski definition) is 1. The normalized spacial score (nSPS) is 14.1. The second-order valence-corrected chi connectivity index (χ2v) is 4.63. The summed E-state index contributed by atoms with van der Waals surface area (Å²) >= 11 is 0. The number of rotatable bonds is 5. The van der Waals surface area contributed by atoms with Crippen LogP contribution in [0.15, 0.2) is 24.3 Å². The summed E-state index contributed by atoms with van der Waals surface area (Å²) in [6.45, 7) is 3.88. The molecule has 0 aliphatic carbocycles. The third-order valence-electron chi connectivity index (χ3n) is 2.94. The van der Waals surface area contributed by atoms with Crippen LogP contribution >= 0.6 is 0 Å². The van der Waals surface area contributed by atoms with Gasteiger partial charge in [0.1, 0.15) is 5.82 Å². The standard InChI is InChI=1S/C14H21FN2O/c1-5-13(11-6-8-12(15)9-7-11)16-10(2)14(18)17(3)4/h6-10,13,16H,5H2,1-4H3. The maximum atomic E-state index is 12.9. The van der Waals surface area contributed by atoms with Crippen LogP contribution in [0.25, 0.3) is 0 Å². The zero-order valence-electron chi connectivity index (χ0n) is 11.4. The van der Waals surface area contributed by atoms with Crippen LogP contribution in [-0.2, 0) is 4.79 Å². The van der Waals surface area contributed by atoms with Crippen molar-refractivity contribution in [3.8, 4) is 0 Å². The highest BCUT2D eigenvalue weighted by atomic mass is 19.1. The molecule has 0 fully saturated rings. The Labute approximate surface area is 108 Å². The number of benzene rings is 1. The highest BCUT2D eigenvalue weighted by molar-refractivity contribution is 5.80. The molecule has 0 saturated heterocycles. The summed E-state index contributed by atoms with van der Waals surface area (Å²) in [5.74, 6) is -0.207. The molecule has 0 radical (unpaired) electrons. The lowest BCUT2D eigenvalue weighted by Gasteiger charge is -2.24. The molecule has 0 heterocycles. The molecule has 3 nitrogen and oxygen atoms in total. The second kappa shape index (κ2) is 6.50. The van der Waals surface area contributed by atoms with Crippen LogP contribution < -0.4 is 5.32 Å². The monoisotopic (exact) mass is 252 g/mol. The molecule has 1 rings (SSSR count). The van der Waals surface area contributed by atoms with E-state index in [1.807, 2.05) is 13.8 Å². The Hall–Kier alpha value is -1.42. The molecule has 2 unspecified atom stereocenters. The number of carbonyl (C=O) groups is 1. The van der Waals surface area contributed by atoms with E-state index in [1.54, 1.807) is 31.1 Å². The summed E-state index contributed by atoms with van der Waals surface area (Å²) in [7, 11) is 3.47. The third kappa shape index (κ3) is 3.81. The van der Waals surface area contributed by atoms with E-state index in [9.17, 15) is 9.18 Å². The van der Waals surface area contributed by atoms with Crippen molar-refractivity contribution in [1.82, 2.24) is 10.2 Å². The van der Waals surface area contributed by atoms with Gasteiger partial charge in [-0.05, 0) is 31.0 Å². The van der Waals surface area contributed by atoms with Crippen molar-refractivity contribution in [1.29, 1.82) is 0 Å². The van der Waals surface area contributed by atoms with E-state index in [-0.39, 0.29) is 23.8 Å². The van der Waals surface area contributed by atoms with E-state index in [0.29, 0.717) is 0 Å². The molecule has 0 aliphatic heterocycles. The van der Waals surface area contributed by atoms with E-state index < -0.39 is 0 Å². The van der Waals surface area contributed by atoms with Gasteiger partial charge in [0.15, 0.2) is 0 Å². The number of carbonyl (C=O) groups excluding carboxylic acids is 1. The summed E-state index contributed by atoms with van der Waals surface area (Å²) in [5, 5.41) is 3.27. The van der Waals surface area contributed by atoms with E-state index in [4.69, 9.17) is 0 Å². The fourth-order valence-electron chi connectivity index (χ4n) is 1.91. The Kier molecular flexibility index (Phi) is 5.28. The Bertz CT molecular complexity index is 389. The minimum atomic E-state index is -0.255. The Morgan fingerprint density at radius 3 is 2.33 bits per heavy atom. The smallest absolute Gasteiger partial charge is 0.238 e. The summed E-state index contributed by atoms with van der Waals surface area (Å²) < 4.78 is 12.9. The summed E-state index contributed by atoms with van der Waals surface area (Å²) in [6.07, 6.45) is 0.844. The number of amides is 1. The number of hydrogen-bond acceptors (Lipinski definition) is 2. The first kappa shape index (κ1) is 14.6. The summed E-state index contributed by atoms with van der Waals surface area (Å²) in [6, 6.07) is 6.20. The van der Waals surface area contributed by atoms with Gasteiger partial charge in [-0.2, -0.15) is 0 Å². The van der Waals surface area contributed by atoms with Crippen LogP contribution in [-0.4, -0.2) is 30.9 Å². The van der Waals surface area contributed by atoms with Crippen molar-refractivity contribution < 1.29 is 9.18 Å². The number of halogens is 1. The largest absolute Gasteiger partial charge is 0.347 e. The predicted octanol–water partition coefficient (Wildman–Crippen LogP) is 2.34. The van der Waals surface area contributed by atoms with E-state index in [2.05, 4.69) is 5.32 Å². The molecule has 0 aromatic heterocycles. The molecule has 0 aliphatic rings. The lowest BCUT2D eigenvalue weighted by atomic mass is 10.0. The molecule has 4 heteroatoms. The molecule has 18 heavy (non-hydrogen) atoms. The van der Waals surface area contributed by atoms with Crippen molar-refractivity contribution in [2.24, 2.45) is 0 Å². The number of likely N-dealkylation sites (N-methyl/N-ethyl adjacent to an activating group) is 1. The maximum absolute atomic E-state index is 12.9. The van der Waals surface area contributed by atoms with Gasteiger partial charge < -0.3 is 4.90 Å². The van der Waals surface area contributed by atoms with Crippen LogP contribution in [0.5, 0.6) is 0 Å². The quantitative estimate of drug-likeness (QED) is 0.872. The third-order valence-corrected chi connectivity index (χ3v) is 2.94. The van der Waals surface area contributed by atoms with Crippen LogP contribution in [0.3, 0.4) is 0 Å². The average Bonchev–Trinajstić information content (AvgIpc) is 2.35. The van der Waals surface area contributed by atoms with Crippen molar-refractivity contribution in [3.63, 3.8) is 0 Å². The molecule has 0 saturated carbocycles. The van der Waals surface area contributed by atoms with E-state index in [1.165, 1.54) is 12.1 Å². The number of nitrogens with zero attached hydrogens (tertiary/aromatic N) is 1. The van der Waals surface area contributed by atoms with E-state index >= 15 is 0 Å². The highest BCUT2D eigenvalue weighted by Gasteiger charge is 2.19. The average molecular weight is 252 g/mol. The van der Waals surface area contributed by atoms with Gasteiger partial charge in [0.05, 0.1) is 6.04 Å².